The van der Waals surface area contributed by atoms with Gasteiger partial charge in [-0.05, 0) is 46.0 Å². The summed E-state index contributed by atoms with van der Waals surface area (Å²) in [7, 11) is 0. The third-order valence-electron chi connectivity index (χ3n) is 4.92. The van der Waals surface area contributed by atoms with Crippen LogP contribution < -0.4 is 5.32 Å². The highest BCUT2D eigenvalue weighted by Gasteiger charge is 2.28. The van der Waals surface area contributed by atoms with Crippen molar-refractivity contribution in [2.75, 3.05) is 11.9 Å². The normalized spacial score (nSPS) is 12.4. The van der Waals surface area contributed by atoms with Crippen molar-refractivity contribution < 1.29 is 19.4 Å². The van der Waals surface area contributed by atoms with Gasteiger partial charge in [-0.3, -0.25) is 5.32 Å². The van der Waals surface area contributed by atoms with E-state index < -0.39 is 12.1 Å². The molecule has 2 N–H and O–H groups in total. The number of aliphatic carboxylic acids is 1. The number of carboxylic acid groups (broad SMARTS) is 1. The van der Waals surface area contributed by atoms with Crippen LogP contribution in [0.1, 0.15) is 22.6 Å². The van der Waals surface area contributed by atoms with E-state index in [1.165, 1.54) is 17.2 Å². The Morgan fingerprint density at radius 1 is 0.897 bits per heavy atom. The second kappa shape index (κ2) is 8.02. The van der Waals surface area contributed by atoms with Gasteiger partial charge in [0.15, 0.2) is 0 Å². The molecule has 4 rings (SSSR count). The minimum atomic E-state index is -1.01. The first-order chi connectivity index (χ1) is 14.1. The molecule has 5 nitrogen and oxygen atoms in total. The monoisotopic (exact) mass is 385 g/mol. The Morgan fingerprint density at radius 2 is 1.48 bits per heavy atom. The van der Waals surface area contributed by atoms with Crippen molar-refractivity contribution in [3.05, 3.63) is 95.6 Å². The molecule has 3 aromatic carbocycles. The first-order valence-electron chi connectivity index (χ1n) is 9.25. The fourth-order valence-electron chi connectivity index (χ4n) is 3.60. The molecule has 0 spiro atoms. The summed E-state index contributed by atoms with van der Waals surface area (Å²) in [6, 6.07) is 23.2. The number of amides is 1. The molecular weight excluding hydrogens is 366 g/mol. The van der Waals surface area contributed by atoms with Crippen molar-refractivity contribution in [2.24, 2.45) is 0 Å². The van der Waals surface area contributed by atoms with Gasteiger partial charge in [0.2, 0.25) is 0 Å². The molecule has 1 aliphatic carbocycles. The van der Waals surface area contributed by atoms with Crippen LogP contribution in [0.2, 0.25) is 0 Å². The Kier molecular flexibility index (Phi) is 5.12. The van der Waals surface area contributed by atoms with Crippen LogP contribution in [-0.4, -0.2) is 23.8 Å². The van der Waals surface area contributed by atoms with Gasteiger partial charge in [-0.15, -0.1) is 0 Å². The van der Waals surface area contributed by atoms with Gasteiger partial charge in [-0.1, -0.05) is 60.7 Å². The quantitative estimate of drug-likeness (QED) is 0.596. The van der Waals surface area contributed by atoms with E-state index in [1.807, 2.05) is 24.3 Å². The number of anilines is 1. The van der Waals surface area contributed by atoms with Crippen LogP contribution in [0.15, 0.2) is 78.9 Å². The van der Waals surface area contributed by atoms with Crippen molar-refractivity contribution in [1.29, 1.82) is 0 Å². The van der Waals surface area contributed by atoms with Crippen molar-refractivity contribution in [3.63, 3.8) is 0 Å². The minimum absolute atomic E-state index is 0.0108. The molecule has 0 unspecified atom stereocenters. The lowest BCUT2D eigenvalue weighted by Gasteiger charge is -2.14. The van der Waals surface area contributed by atoms with Gasteiger partial charge in [0.1, 0.15) is 6.61 Å². The summed E-state index contributed by atoms with van der Waals surface area (Å²) in [5.41, 5.74) is 6.00. The second-order valence-corrected chi connectivity index (χ2v) is 6.74. The van der Waals surface area contributed by atoms with Crippen molar-refractivity contribution in [2.45, 2.75) is 5.92 Å². The maximum Gasteiger partial charge on any atom is 0.411 e. The van der Waals surface area contributed by atoms with Gasteiger partial charge < -0.3 is 9.84 Å². The topological polar surface area (TPSA) is 75.6 Å². The number of rotatable bonds is 5. The summed E-state index contributed by atoms with van der Waals surface area (Å²) in [5.74, 6) is -0.998. The third kappa shape index (κ3) is 4.04. The lowest BCUT2D eigenvalue weighted by molar-refractivity contribution is -0.131. The second-order valence-electron chi connectivity index (χ2n) is 6.74. The standard InChI is InChI=1S/C24H19NO4/c26-23(27)14-11-16-9-12-17(13-10-16)25-24(28)29-15-22-20-7-3-1-5-18(20)19-6-2-4-8-21(19)22/h1-14,22H,15H2,(H,25,28)(H,26,27)/b14-11+. The van der Waals surface area contributed by atoms with E-state index in [0.717, 1.165) is 22.8 Å². The lowest BCUT2D eigenvalue weighted by atomic mass is 9.98. The van der Waals surface area contributed by atoms with E-state index in [4.69, 9.17) is 9.84 Å². The van der Waals surface area contributed by atoms with Crippen LogP contribution in [-0.2, 0) is 9.53 Å². The Labute approximate surface area is 168 Å². The molecule has 0 heterocycles. The van der Waals surface area contributed by atoms with Crippen LogP contribution in [0.5, 0.6) is 0 Å². The number of fused-ring (bicyclic) bond motifs is 3. The van der Waals surface area contributed by atoms with Gasteiger partial charge in [-0.25, -0.2) is 9.59 Å². The fraction of sp³-hybridized carbons (Fsp3) is 0.0833. The number of carbonyl (C=O) groups is 2. The van der Waals surface area contributed by atoms with Gasteiger partial charge in [0, 0.05) is 17.7 Å². The average Bonchev–Trinajstić information content (AvgIpc) is 3.05. The van der Waals surface area contributed by atoms with Crippen molar-refractivity contribution in [1.82, 2.24) is 0 Å². The summed E-state index contributed by atoms with van der Waals surface area (Å²) in [5, 5.41) is 11.4. The zero-order chi connectivity index (χ0) is 20.2. The Balaban J connectivity index is 1.41. The number of hydrogen-bond acceptors (Lipinski definition) is 3. The van der Waals surface area contributed by atoms with Crippen LogP contribution in [0.4, 0.5) is 10.5 Å². The molecule has 0 saturated carbocycles. The summed E-state index contributed by atoms with van der Waals surface area (Å²) >= 11 is 0. The maximum atomic E-state index is 12.3. The van der Waals surface area contributed by atoms with Gasteiger partial charge in [-0.2, -0.15) is 0 Å². The molecule has 29 heavy (non-hydrogen) atoms. The van der Waals surface area contributed by atoms with E-state index in [-0.39, 0.29) is 12.5 Å². The Hall–Kier alpha value is -3.86. The largest absolute Gasteiger partial charge is 0.478 e. The minimum Gasteiger partial charge on any atom is -0.478 e. The van der Waals surface area contributed by atoms with E-state index in [9.17, 15) is 9.59 Å². The summed E-state index contributed by atoms with van der Waals surface area (Å²) < 4.78 is 5.51. The molecule has 0 aromatic heterocycles. The average molecular weight is 385 g/mol. The van der Waals surface area contributed by atoms with Gasteiger partial charge in [0.05, 0.1) is 0 Å². The highest BCUT2D eigenvalue weighted by molar-refractivity contribution is 5.87. The molecule has 0 atom stereocenters. The fourth-order valence-corrected chi connectivity index (χ4v) is 3.60. The zero-order valence-corrected chi connectivity index (χ0v) is 15.5. The van der Waals surface area contributed by atoms with E-state index in [2.05, 4.69) is 29.6 Å². The SMILES string of the molecule is O=C(O)/C=C/c1ccc(NC(=O)OCC2c3ccccc3-c3ccccc32)cc1. The van der Waals surface area contributed by atoms with Crippen molar-refractivity contribution in [3.8, 4) is 11.1 Å². The van der Waals surface area contributed by atoms with Gasteiger partial charge >= 0.3 is 12.1 Å². The predicted octanol–water partition coefficient (Wildman–Crippen LogP) is 5.15. The third-order valence-corrected chi connectivity index (χ3v) is 4.92. The number of hydrogen-bond donors (Lipinski definition) is 2. The van der Waals surface area contributed by atoms with E-state index >= 15 is 0 Å². The molecule has 0 bridgehead atoms. The van der Waals surface area contributed by atoms with E-state index in [0.29, 0.717) is 5.69 Å². The first kappa shape index (κ1) is 18.5. The Bertz CT molecular complexity index is 1040. The molecule has 0 saturated heterocycles. The zero-order valence-electron chi connectivity index (χ0n) is 15.5. The van der Waals surface area contributed by atoms with Crippen LogP contribution in [0.3, 0.4) is 0 Å². The summed E-state index contributed by atoms with van der Waals surface area (Å²) in [4.78, 5) is 22.8. The van der Waals surface area contributed by atoms with Crippen molar-refractivity contribution >= 4 is 23.8 Å². The Morgan fingerprint density at radius 3 is 2.07 bits per heavy atom. The van der Waals surface area contributed by atoms with Crippen LogP contribution in [0, 0.1) is 0 Å². The number of nitrogens with one attached hydrogen (secondary N) is 1. The molecule has 0 aliphatic heterocycles. The summed E-state index contributed by atoms with van der Waals surface area (Å²) in [6.45, 7) is 0.249. The number of carboxylic acids is 1. The molecule has 5 heteroatoms. The number of carbonyl (C=O) groups excluding carboxylic acids is 1. The lowest BCUT2D eigenvalue weighted by Crippen LogP contribution is -2.17. The summed E-state index contributed by atoms with van der Waals surface area (Å²) in [6.07, 6.45) is 2.02. The molecule has 3 aromatic rings. The maximum absolute atomic E-state index is 12.3. The van der Waals surface area contributed by atoms with E-state index in [1.54, 1.807) is 24.3 Å². The molecule has 0 radical (unpaired) electrons. The number of benzene rings is 3. The highest BCUT2D eigenvalue weighted by atomic mass is 16.5. The number of ether oxygens (including phenoxy) is 1. The molecule has 1 amide bonds. The molecular formula is C24H19NO4. The predicted molar refractivity (Wildman–Crippen MR) is 112 cm³/mol. The highest BCUT2D eigenvalue weighted by Crippen LogP contribution is 2.44. The molecule has 1 aliphatic rings. The van der Waals surface area contributed by atoms with Crippen LogP contribution >= 0.6 is 0 Å². The molecule has 144 valence electrons. The van der Waals surface area contributed by atoms with Crippen LogP contribution in [0.25, 0.3) is 17.2 Å². The van der Waals surface area contributed by atoms with Gasteiger partial charge in [0.25, 0.3) is 0 Å². The first-order valence-corrected chi connectivity index (χ1v) is 9.25. The molecule has 0 fully saturated rings. The smallest absolute Gasteiger partial charge is 0.411 e.